The maximum Gasteiger partial charge on any atom is 0.409 e. The van der Waals surface area contributed by atoms with Crippen LogP contribution in [-0.2, 0) is 0 Å². The minimum absolute atomic E-state index is 0.0368. The quantitative estimate of drug-likeness (QED) is 0.201. The maximum absolute atomic E-state index is 15.0. The minimum Gasteiger partial charge on any atom is -0.206 e. The average Bonchev–Trinajstić information content (AvgIpc) is 2.88. The molecule has 1 saturated carbocycles. The molecule has 1 aliphatic rings. The molecule has 3 aromatic rings. The van der Waals surface area contributed by atoms with Crippen LogP contribution in [0.2, 0.25) is 0 Å². The van der Waals surface area contributed by atoms with E-state index in [0.29, 0.717) is 17.6 Å². The molecule has 4 rings (SSSR count). The molecule has 0 unspecified atom stereocenters. The van der Waals surface area contributed by atoms with Gasteiger partial charge in [0.1, 0.15) is 17.5 Å². The summed E-state index contributed by atoms with van der Waals surface area (Å²) in [6.45, 7) is 2.23. The Morgan fingerprint density at radius 3 is 1.92 bits per heavy atom. The molecule has 0 spiro atoms. The lowest BCUT2D eigenvalue weighted by molar-refractivity contribution is -0.0790. The lowest BCUT2D eigenvalue weighted by atomic mass is 9.77. The fourth-order valence-corrected chi connectivity index (χ4v) is 5.42. The summed E-state index contributed by atoms with van der Waals surface area (Å²) in [5, 5.41) is 0. The summed E-state index contributed by atoms with van der Waals surface area (Å²) in [6.07, 6.45) is 5.53. The molecule has 0 atom stereocenters. The van der Waals surface area contributed by atoms with Crippen molar-refractivity contribution in [2.24, 2.45) is 5.92 Å². The van der Waals surface area contributed by atoms with Crippen LogP contribution in [0.5, 0.6) is 0 Å². The Kier molecular flexibility index (Phi) is 9.01. The van der Waals surface area contributed by atoms with Crippen molar-refractivity contribution in [2.75, 3.05) is 0 Å². The summed E-state index contributed by atoms with van der Waals surface area (Å²) in [5.74, 6) is -1.69. The third-order valence-corrected chi connectivity index (χ3v) is 7.58. The van der Waals surface area contributed by atoms with Crippen molar-refractivity contribution in [3.8, 4) is 22.3 Å². The molecule has 0 radical (unpaired) electrons. The zero-order valence-electron chi connectivity index (χ0n) is 21.4. The molecule has 202 valence electrons. The monoisotopic (exact) mass is 530 g/mol. The van der Waals surface area contributed by atoms with Crippen molar-refractivity contribution in [3.63, 3.8) is 0 Å². The van der Waals surface area contributed by atoms with Gasteiger partial charge in [0.15, 0.2) is 0 Å². The second-order valence-corrected chi connectivity index (χ2v) is 10.3. The first-order valence-electron chi connectivity index (χ1n) is 13.3. The Labute approximate surface area is 220 Å². The largest absolute Gasteiger partial charge is 0.409 e. The summed E-state index contributed by atoms with van der Waals surface area (Å²) < 4.78 is 80.8. The molecule has 0 N–H and O–H groups in total. The van der Waals surface area contributed by atoms with Crippen LogP contribution in [-0.4, -0.2) is 6.18 Å². The Balaban J connectivity index is 1.45. The summed E-state index contributed by atoms with van der Waals surface area (Å²) in [4.78, 5) is 0. The Bertz CT molecular complexity index is 1220. The van der Waals surface area contributed by atoms with Crippen LogP contribution in [0.3, 0.4) is 0 Å². The highest BCUT2D eigenvalue weighted by molar-refractivity contribution is 5.72. The van der Waals surface area contributed by atoms with E-state index in [4.69, 9.17) is 0 Å². The molecular weight excluding hydrogens is 498 g/mol. The second kappa shape index (κ2) is 12.2. The molecule has 38 heavy (non-hydrogen) atoms. The van der Waals surface area contributed by atoms with Gasteiger partial charge in [-0.1, -0.05) is 69.0 Å². The predicted octanol–water partition coefficient (Wildman–Crippen LogP) is 10.9. The highest BCUT2D eigenvalue weighted by Gasteiger charge is 2.24. The van der Waals surface area contributed by atoms with Crippen molar-refractivity contribution in [1.29, 1.82) is 0 Å². The zero-order chi connectivity index (χ0) is 27.3. The smallest absolute Gasteiger partial charge is 0.206 e. The zero-order valence-corrected chi connectivity index (χ0v) is 21.4. The molecule has 6 heteroatoms. The van der Waals surface area contributed by atoms with Crippen molar-refractivity contribution in [3.05, 3.63) is 89.3 Å². The topological polar surface area (TPSA) is 0 Å². The first kappa shape index (κ1) is 28.0. The molecule has 0 heterocycles. The van der Waals surface area contributed by atoms with Gasteiger partial charge < -0.3 is 0 Å². The van der Waals surface area contributed by atoms with Gasteiger partial charge in [-0.15, -0.1) is 0 Å². The molecule has 1 aliphatic carbocycles. The second-order valence-electron chi connectivity index (χ2n) is 10.3. The molecule has 0 amide bonds. The molecule has 0 aliphatic heterocycles. The van der Waals surface area contributed by atoms with E-state index in [0.717, 1.165) is 23.6 Å². The fraction of sp³-hybridized carbons (Fsp3) is 0.375. The normalized spacial score (nSPS) is 18.3. The van der Waals surface area contributed by atoms with Gasteiger partial charge in [-0.2, -0.15) is 13.2 Å². The molecular formula is C32H32F6. The molecule has 1 fully saturated rings. The molecule has 0 saturated heterocycles. The number of benzene rings is 3. The minimum atomic E-state index is -4.70. The molecule has 0 nitrogen and oxygen atoms in total. The number of unbranched alkanes of at least 4 members (excludes halogenated alkanes) is 2. The number of hydrogen-bond acceptors (Lipinski definition) is 0. The van der Waals surface area contributed by atoms with Gasteiger partial charge in [0.05, 0.1) is 0 Å². The lowest BCUT2D eigenvalue weighted by Gasteiger charge is -2.29. The Morgan fingerprint density at radius 1 is 0.737 bits per heavy atom. The fourth-order valence-electron chi connectivity index (χ4n) is 5.42. The van der Waals surface area contributed by atoms with Crippen molar-refractivity contribution < 1.29 is 26.3 Å². The van der Waals surface area contributed by atoms with Gasteiger partial charge in [0.25, 0.3) is 0 Å². The van der Waals surface area contributed by atoms with Gasteiger partial charge in [-0.25, -0.2) is 13.2 Å². The maximum atomic E-state index is 15.0. The van der Waals surface area contributed by atoms with Gasteiger partial charge in [0, 0.05) is 17.2 Å². The SMILES string of the molecule is CCCCCC1CCC(c2ccc(-c3ccc(-c4cc(F)c(C=CC(F)(F)F)c(F)c4)c(F)c3)cc2)CC1. The summed E-state index contributed by atoms with van der Waals surface area (Å²) in [7, 11) is 0. The van der Waals surface area contributed by atoms with Crippen LogP contribution >= 0.6 is 0 Å². The third-order valence-electron chi connectivity index (χ3n) is 7.58. The van der Waals surface area contributed by atoms with Crippen molar-refractivity contribution in [2.45, 2.75) is 70.4 Å². The standard InChI is InChI=1S/C32H32F6/c1-2-3-4-5-21-6-8-22(9-7-21)23-10-12-24(13-11-23)25-14-15-27(29(33)18-25)26-19-30(34)28(31(35)20-26)16-17-32(36,37)38/h10-22H,2-9H2,1H3. The van der Waals surface area contributed by atoms with E-state index in [1.165, 1.54) is 69.1 Å². The first-order valence-corrected chi connectivity index (χ1v) is 13.3. The lowest BCUT2D eigenvalue weighted by Crippen LogP contribution is -2.13. The Hall–Kier alpha value is -3.02. The van der Waals surface area contributed by atoms with Gasteiger partial charge >= 0.3 is 6.18 Å². The van der Waals surface area contributed by atoms with Gasteiger partial charge in [0.2, 0.25) is 0 Å². The predicted molar refractivity (Wildman–Crippen MR) is 141 cm³/mol. The van der Waals surface area contributed by atoms with Crippen molar-refractivity contribution in [1.82, 2.24) is 0 Å². The summed E-state index contributed by atoms with van der Waals surface area (Å²) in [6, 6.07) is 14.2. The molecule has 0 bridgehead atoms. The highest BCUT2D eigenvalue weighted by Crippen LogP contribution is 2.38. The first-order chi connectivity index (χ1) is 18.1. The van der Waals surface area contributed by atoms with E-state index >= 15 is 4.39 Å². The van der Waals surface area contributed by atoms with Crippen LogP contribution in [0.15, 0.2) is 60.7 Å². The van der Waals surface area contributed by atoms with Crippen LogP contribution in [0.4, 0.5) is 26.3 Å². The molecule has 0 aromatic heterocycles. The Morgan fingerprint density at radius 2 is 1.34 bits per heavy atom. The van der Waals surface area contributed by atoms with Gasteiger partial charge in [-0.3, -0.25) is 0 Å². The van der Waals surface area contributed by atoms with Crippen LogP contribution < -0.4 is 0 Å². The summed E-state index contributed by atoms with van der Waals surface area (Å²) in [5.41, 5.74) is 1.80. The number of alkyl halides is 3. The number of allylic oxidation sites excluding steroid dienone is 1. The highest BCUT2D eigenvalue weighted by atomic mass is 19.4. The number of hydrogen-bond donors (Lipinski definition) is 0. The van der Waals surface area contributed by atoms with E-state index < -0.39 is 29.2 Å². The summed E-state index contributed by atoms with van der Waals surface area (Å²) >= 11 is 0. The van der Waals surface area contributed by atoms with E-state index in [2.05, 4.69) is 19.1 Å². The molecule has 3 aromatic carbocycles. The van der Waals surface area contributed by atoms with Crippen LogP contribution in [0, 0.1) is 23.4 Å². The third kappa shape index (κ3) is 7.09. The van der Waals surface area contributed by atoms with E-state index in [-0.39, 0.29) is 17.2 Å². The van der Waals surface area contributed by atoms with Crippen LogP contribution in [0.25, 0.3) is 28.3 Å². The van der Waals surface area contributed by atoms with E-state index in [9.17, 15) is 22.0 Å². The van der Waals surface area contributed by atoms with Crippen LogP contribution in [0.1, 0.15) is 75.3 Å². The number of rotatable bonds is 8. The van der Waals surface area contributed by atoms with E-state index in [1.54, 1.807) is 6.07 Å². The van der Waals surface area contributed by atoms with Crippen molar-refractivity contribution >= 4 is 6.08 Å². The van der Waals surface area contributed by atoms with E-state index in [1.807, 2.05) is 12.1 Å². The number of halogens is 6. The van der Waals surface area contributed by atoms with Gasteiger partial charge in [-0.05, 0) is 84.0 Å². The average molecular weight is 531 g/mol.